The van der Waals surface area contributed by atoms with Gasteiger partial charge in [-0.3, -0.25) is 4.79 Å². The van der Waals surface area contributed by atoms with E-state index in [0.29, 0.717) is 13.2 Å². The van der Waals surface area contributed by atoms with Crippen molar-refractivity contribution in [2.24, 2.45) is 0 Å². The van der Waals surface area contributed by atoms with Crippen molar-refractivity contribution in [1.29, 1.82) is 0 Å². The topological polar surface area (TPSA) is 47.6 Å². The van der Waals surface area contributed by atoms with Gasteiger partial charge in [0, 0.05) is 5.75 Å². The van der Waals surface area contributed by atoms with Gasteiger partial charge in [0.15, 0.2) is 11.5 Å². The fourth-order valence-electron chi connectivity index (χ4n) is 2.61. The molecule has 1 heterocycles. The second-order valence-electron chi connectivity index (χ2n) is 6.07. The SMILES string of the molecule is C[C@H](SCc1ccccc1)C(=O)N[C@@H](C)c1ccc2c(c1)OCCO2. The van der Waals surface area contributed by atoms with E-state index in [1.165, 1.54) is 5.56 Å². The summed E-state index contributed by atoms with van der Waals surface area (Å²) < 4.78 is 11.1. The van der Waals surface area contributed by atoms with Crippen LogP contribution in [0, 0.1) is 0 Å². The molecule has 1 N–H and O–H groups in total. The Morgan fingerprint density at radius 1 is 1.08 bits per heavy atom. The summed E-state index contributed by atoms with van der Waals surface area (Å²) in [6.07, 6.45) is 0. The largest absolute Gasteiger partial charge is 0.486 e. The average molecular weight is 357 g/mol. The maximum atomic E-state index is 12.4. The summed E-state index contributed by atoms with van der Waals surface area (Å²) in [5.41, 5.74) is 2.24. The van der Waals surface area contributed by atoms with Gasteiger partial charge >= 0.3 is 0 Å². The van der Waals surface area contributed by atoms with Gasteiger partial charge in [0.2, 0.25) is 5.91 Å². The maximum absolute atomic E-state index is 12.4. The van der Waals surface area contributed by atoms with Crippen molar-refractivity contribution >= 4 is 17.7 Å². The van der Waals surface area contributed by atoms with Gasteiger partial charge in [-0.25, -0.2) is 0 Å². The molecule has 2 aromatic rings. The summed E-state index contributed by atoms with van der Waals surface area (Å²) in [5.74, 6) is 2.38. The molecular formula is C20H23NO3S. The zero-order chi connectivity index (χ0) is 17.6. The lowest BCUT2D eigenvalue weighted by Crippen LogP contribution is -2.33. The quantitative estimate of drug-likeness (QED) is 0.850. The van der Waals surface area contributed by atoms with Gasteiger partial charge in [0.05, 0.1) is 11.3 Å². The molecule has 0 radical (unpaired) electrons. The predicted molar refractivity (Wildman–Crippen MR) is 101 cm³/mol. The molecule has 2 atom stereocenters. The van der Waals surface area contributed by atoms with Crippen LogP contribution in [0.2, 0.25) is 0 Å². The number of fused-ring (bicyclic) bond motifs is 1. The summed E-state index contributed by atoms with van der Waals surface area (Å²) in [6, 6.07) is 15.9. The average Bonchev–Trinajstić information content (AvgIpc) is 2.66. The molecule has 0 unspecified atom stereocenters. The summed E-state index contributed by atoms with van der Waals surface area (Å²) in [7, 11) is 0. The molecule has 0 saturated heterocycles. The minimum Gasteiger partial charge on any atom is -0.486 e. The number of hydrogen-bond acceptors (Lipinski definition) is 4. The molecule has 2 aromatic carbocycles. The molecule has 0 aromatic heterocycles. The Kier molecular flexibility index (Phi) is 5.87. The van der Waals surface area contributed by atoms with E-state index >= 15 is 0 Å². The number of thioether (sulfide) groups is 1. The van der Waals surface area contributed by atoms with E-state index in [4.69, 9.17) is 9.47 Å². The van der Waals surface area contributed by atoms with E-state index in [9.17, 15) is 4.79 Å². The minimum absolute atomic E-state index is 0.0447. The Hall–Kier alpha value is -2.14. The molecule has 3 rings (SSSR count). The third-order valence-electron chi connectivity index (χ3n) is 4.14. The van der Waals surface area contributed by atoms with Gasteiger partial charge in [0.25, 0.3) is 0 Å². The Morgan fingerprint density at radius 3 is 2.56 bits per heavy atom. The van der Waals surface area contributed by atoms with Crippen LogP contribution in [0.5, 0.6) is 11.5 Å². The summed E-state index contributed by atoms with van der Waals surface area (Å²) in [6.45, 7) is 5.07. The number of rotatable bonds is 6. The summed E-state index contributed by atoms with van der Waals surface area (Å²) in [5, 5.41) is 2.97. The molecule has 25 heavy (non-hydrogen) atoms. The molecule has 0 spiro atoms. The van der Waals surface area contributed by atoms with Crippen LogP contribution < -0.4 is 14.8 Å². The molecule has 5 heteroatoms. The number of amides is 1. The molecule has 1 amide bonds. The molecule has 0 fully saturated rings. The molecule has 0 bridgehead atoms. The van der Waals surface area contributed by atoms with Crippen molar-refractivity contribution in [1.82, 2.24) is 5.32 Å². The molecule has 1 aliphatic rings. The number of hydrogen-bond donors (Lipinski definition) is 1. The first-order valence-corrected chi connectivity index (χ1v) is 9.54. The van der Waals surface area contributed by atoms with E-state index in [-0.39, 0.29) is 17.2 Å². The van der Waals surface area contributed by atoms with Gasteiger partial charge in [0.1, 0.15) is 13.2 Å². The third-order valence-corrected chi connectivity index (χ3v) is 5.35. The fourth-order valence-corrected chi connectivity index (χ4v) is 3.47. The van der Waals surface area contributed by atoms with Gasteiger partial charge < -0.3 is 14.8 Å². The monoisotopic (exact) mass is 357 g/mol. The number of benzene rings is 2. The second kappa shape index (κ2) is 8.30. The van der Waals surface area contributed by atoms with Crippen LogP contribution in [-0.2, 0) is 10.5 Å². The van der Waals surface area contributed by atoms with E-state index in [0.717, 1.165) is 22.8 Å². The predicted octanol–water partition coefficient (Wildman–Crippen LogP) is 3.96. The van der Waals surface area contributed by atoms with Crippen molar-refractivity contribution in [3.05, 3.63) is 59.7 Å². The number of carbonyl (C=O) groups is 1. The lowest BCUT2D eigenvalue weighted by molar-refractivity contribution is -0.120. The molecule has 132 valence electrons. The highest BCUT2D eigenvalue weighted by atomic mass is 32.2. The van der Waals surface area contributed by atoms with Gasteiger partial charge in [-0.2, -0.15) is 0 Å². The fraction of sp³-hybridized carbons (Fsp3) is 0.350. The minimum atomic E-state index is -0.111. The van der Waals surface area contributed by atoms with Crippen LogP contribution in [0.15, 0.2) is 48.5 Å². The summed E-state index contributed by atoms with van der Waals surface area (Å²) in [4.78, 5) is 12.4. The van der Waals surface area contributed by atoms with Crippen LogP contribution in [0.1, 0.15) is 31.0 Å². The zero-order valence-electron chi connectivity index (χ0n) is 14.5. The van der Waals surface area contributed by atoms with Gasteiger partial charge in [-0.15, -0.1) is 11.8 Å². The zero-order valence-corrected chi connectivity index (χ0v) is 15.3. The maximum Gasteiger partial charge on any atom is 0.233 e. The highest BCUT2D eigenvalue weighted by Gasteiger charge is 2.19. The van der Waals surface area contributed by atoms with Crippen molar-refractivity contribution in [2.45, 2.75) is 30.9 Å². The normalized spacial score (nSPS) is 15.3. The molecule has 1 aliphatic heterocycles. The summed E-state index contributed by atoms with van der Waals surface area (Å²) >= 11 is 1.64. The van der Waals surface area contributed by atoms with E-state index in [1.54, 1.807) is 11.8 Å². The van der Waals surface area contributed by atoms with Crippen LogP contribution in [0.4, 0.5) is 0 Å². The highest BCUT2D eigenvalue weighted by molar-refractivity contribution is 7.99. The van der Waals surface area contributed by atoms with Gasteiger partial charge in [-0.05, 0) is 37.1 Å². The Balaban J connectivity index is 1.54. The molecule has 0 aliphatic carbocycles. The van der Waals surface area contributed by atoms with Crippen molar-refractivity contribution in [2.75, 3.05) is 13.2 Å². The number of nitrogens with one attached hydrogen (secondary N) is 1. The highest BCUT2D eigenvalue weighted by Crippen LogP contribution is 2.32. The van der Waals surface area contributed by atoms with Crippen LogP contribution in [-0.4, -0.2) is 24.4 Å². The standard InChI is InChI=1S/C20H23NO3S/c1-14(17-8-9-18-19(12-17)24-11-10-23-18)21-20(22)15(2)25-13-16-6-4-3-5-7-16/h3-9,12,14-15H,10-11,13H2,1-2H3,(H,21,22)/t14-,15-/m0/s1. The lowest BCUT2D eigenvalue weighted by atomic mass is 10.1. The van der Waals surface area contributed by atoms with Crippen LogP contribution >= 0.6 is 11.8 Å². The second-order valence-corrected chi connectivity index (χ2v) is 7.40. The van der Waals surface area contributed by atoms with Gasteiger partial charge in [-0.1, -0.05) is 36.4 Å². The van der Waals surface area contributed by atoms with Crippen molar-refractivity contribution in [3.63, 3.8) is 0 Å². The van der Waals surface area contributed by atoms with Crippen LogP contribution in [0.25, 0.3) is 0 Å². The first-order chi connectivity index (χ1) is 12.1. The molecular weight excluding hydrogens is 334 g/mol. The van der Waals surface area contributed by atoms with Crippen molar-refractivity contribution < 1.29 is 14.3 Å². The lowest BCUT2D eigenvalue weighted by Gasteiger charge is -2.22. The van der Waals surface area contributed by atoms with Crippen molar-refractivity contribution in [3.8, 4) is 11.5 Å². The first-order valence-electron chi connectivity index (χ1n) is 8.49. The Labute approximate surface area is 152 Å². The Morgan fingerprint density at radius 2 is 1.80 bits per heavy atom. The van der Waals surface area contributed by atoms with E-state index < -0.39 is 0 Å². The van der Waals surface area contributed by atoms with E-state index in [2.05, 4.69) is 17.4 Å². The Bertz CT molecular complexity index is 720. The first kappa shape index (κ1) is 17.7. The molecule has 0 saturated carbocycles. The smallest absolute Gasteiger partial charge is 0.233 e. The van der Waals surface area contributed by atoms with Crippen LogP contribution in [0.3, 0.4) is 0 Å². The number of ether oxygens (including phenoxy) is 2. The number of carbonyl (C=O) groups excluding carboxylic acids is 1. The van der Waals surface area contributed by atoms with E-state index in [1.807, 2.05) is 50.2 Å². The molecule has 4 nitrogen and oxygen atoms in total. The third kappa shape index (κ3) is 4.69.